The van der Waals surface area contributed by atoms with Crippen molar-refractivity contribution >= 4 is 23.4 Å². The average Bonchev–Trinajstić information content (AvgIpc) is 3.25. The van der Waals surface area contributed by atoms with Crippen molar-refractivity contribution in [2.75, 3.05) is 11.9 Å². The molecule has 9 heteroatoms. The van der Waals surface area contributed by atoms with E-state index >= 15 is 0 Å². The summed E-state index contributed by atoms with van der Waals surface area (Å²) in [6, 6.07) is 17.4. The van der Waals surface area contributed by atoms with Crippen molar-refractivity contribution in [1.82, 2.24) is 0 Å². The van der Waals surface area contributed by atoms with Crippen LogP contribution in [0, 0.1) is 10.1 Å². The summed E-state index contributed by atoms with van der Waals surface area (Å²) < 4.78 is 15.7. The summed E-state index contributed by atoms with van der Waals surface area (Å²) in [5.41, 5.74) is 0.827. The van der Waals surface area contributed by atoms with Crippen LogP contribution in [0.3, 0.4) is 0 Å². The van der Waals surface area contributed by atoms with Gasteiger partial charge < -0.3 is 19.2 Å². The van der Waals surface area contributed by atoms with Crippen LogP contribution in [0.4, 0.5) is 11.6 Å². The standard InChI is InChI=1S/C21H18N2O7/c1-2-28-16-11-7-6-10-15(16)22-20(24)19(14-8-4-3-5-9-14)30-21(25)17-12-13-18(29-17)23(26)27/h3-13,19H,2H2,1H3,(H,22,24)/t19-/m1/s1. The van der Waals surface area contributed by atoms with Gasteiger partial charge in [-0.15, -0.1) is 0 Å². The number of benzene rings is 2. The molecule has 0 saturated carbocycles. The first-order chi connectivity index (χ1) is 14.5. The second-order valence-electron chi connectivity index (χ2n) is 6.01. The fourth-order valence-corrected chi connectivity index (χ4v) is 2.65. The number of ether oxygens (including phenoxy) is 2. The molecule has 0 unspecified atom stereocenters. The van der Waals surface area contributed by atoms with Gasteiger partial charge in [0.15, 0.2) is 0 Å². The summed E-state index contributed by atoms with van der Waals surface area (Å²) in [7, 11) is 0. The quantitative estimate of drug-likeness (QED) is 0.337. The number of nitrogens with zero attached hydrogens (tertiary/aromatic N) is 1. The van der Waals surface area contributed by atoms with Crippen LogP contribution in [-0.4, -0.2) is 23.4 Å². The summed E-state index contributed by atoms with van der Waals surface area (Å²) in [5, 5.41) is 13.5. The first-order valence-electron chi connectivity index (χ1n) is 9.02. The van der Waals surface area contributed by atoms with Crippen molar-refractivity contribution in [2.45, 2.75) is 13.0 Å². The SMILES string of the molecule is CCOc1ccccc1NC(=O)[C@H](OC(=O)c1ccc([N+](=O)[O-])o1)c1ccccc1. The molecule has 0 saturated heterocycles. The van der Waals surface area contributed by atoms with Crippen molar-refractivity contribution in [3.63, 3.8) is 0 Å². The Morgan fingerprint density at radius 2 is 1.77 bits per heavy atom. The molecule has 3 rings (SSSR count). The van der Waals surface area contributed by atoms with Gasteiger partial charge in [-0.25, -0.2) is 4.79 Å². The molecule has 9 nitrogen and oxygen atoms in total. The van der Waals surface area contributed by atoms with Crippen LogP contribution in [0.25, 0.3) is 0 Å². The van der Waals surface area contributed by atoms with E-state index in [9.17, 15) is 19.7 Å². The molecule has 0 fully saturated rings. The first kappa shape index (κ1) is 20.6. The Kier molecular flexibility index (Phi) is 6.43. The number of para-hydroxylation sites is 2. The number of amides is 1. The minimum atomic E-state index is -1.32. The number of furan rings is 1. The van der Waals surface area contributed by atoms with E-state index in [1.54, 1.807) is 54.6 Å². The van der Waals surface area contributed by atoms with Gasteiger partial charge in [-0.05, 0) is 25.1 Å². The van der Waals surface area contributed by atoms with Crippen LogP contribution in [0.15, 0.2) is 71.1 Å². The van der Waals surface area contributed by atoms with Crippen LogP contribution in [-0.2, 0) is 9.53 Å². The summed E-state index contributed by atoms with van der Waals surface area (Å²) in [6.45, 7) is 2.22. The topological polar surface area (TPSA) is 121 Å². The number of carbonyl (C=O) groups is 2. The Morgan fingerprint density at radius 3 is 2.43 bits per heavy atom. The highest BCUT2D eigenvalue weighted by Crippen LogP contribution is 2.27. The maximum atomic E-state index is 13.0. The molecule has 0 aliphatic heterocycles. The van der Waals surface area contributed by atoms with Gasteiger partial charge in [0, 0.05) is 5.56 Å². The summed E-state index contributed by atoms with van der Waals surface area (Å²) in [6.07, 6.45) is -1.32. The molecule has 154 valence electrons. The number of anilines is 1. The molecule has 0 radical (unpaired) electrons. The third-order valence-electron chi connectivity index (χ3n) is 3.98. The molecular weight excluding hydrogens is 392 g/mol. The summed E-state index contributed by atoms with van der Waals surface area (Å²) in [5.74, 6) is -2.15. The van der Waals surface area contributed by atoms with Crippen LogP contribution in [0.2, 0.25) is 0 Å². The minimum Gasteiger partial charge on any atom is -0.492 e. The highest BCUT2D eigenvalue weighted by Gasteiger charge is 2.28. The maximum Gasteiger partial charge on any atom is 0.433 e. The molecule has 3 aromatic rings. The van der Waals surface area contributed by atoms with Crippen molar-refractivity contribution < 1.29 is 28.4 Å². The lowest BCUT2D eigenvalue weighted by molar-refractivity contribution is -0.402. The largest absolute Gasteiger partial charge is 0.492 e. The third kappa shape index (κ3) is 4.82. The van der Waals surface area contributed by atoms with E-state index < -0.39 is 28.8 Å². The van der Waals surface area contributed by atoms with E-state index in [0.717, 1.165) is 12.1 Å². The van der Waals surface area contributed by atoms with Crippen LogP contribution in [0.1, 0.15) is 29.1 Å². The minimum absolute atomic E-state index is 0.384. The van der Waals surface area contributed by atoms with Gasteiger partial charge in [-0.2, -0.15) is 0 Å². The number of nitro groups is 1. The number of nitrogens with one attached hydrogen (secondary N) is 1. The normalized spacial score (nSPS) is 11.4. The van der Waals surface area contributed by atoms with E-state index in [1.807, 2.05) is 6.92 Å². The van der Waals surface area contributed by atoms with E-state index in [-0.39, 0.29) is 5.76 Å². The lowest BCUT2D eigenvalue weighted by atomic mass is 10.1. The molecule has 2 aromatic carbocycles. The summed E-state index contributed by atoms with van der Waals surface area (Å²) >= 11 is 0. The molecular formula is C21H18N2O7. The molecule has 1 heterocycles. The Hall–Kier alpha value is -4.14. The van der Waals surface area contributed by atoms with E-state index in [0.29, 0.717) is 23.6 Å². The van der Waals surface area contributed by atoms with E-state index in [1.165, 1.54) is 0 Å². The number of carbonyl (C=O) groups excluding carboxylic acids is 2. The number of hydrogen-bond acceptors (Lipinski definition) is 7. The maximum absolute atomic E-state index is 13.0. The third-order valence-corrected chi connectivity index (χ3v) is 3.98. The number of rotatable bonds is 8. The highest BCUT2D eigenvalue weighted by molar-refractivity contribution is 5.98. The zero-order valence-corrected chi connectivity index (χ0v) is 15.9. The lowest BCUT2D eigenvalue weighted by Crippen LogP contribution is -2.26. The van der Waals surface area contributed by atoms with Gasteiger partial charge in [0.05, 0.1) is 18.4 Å². The molecule has 1 aromatic heterocycles. The Balaban J connectivity index is 1.85. The predicted molar refractivity (Wildman–Crippen MR) is 106 cm³/mol. The van der Waals surface area contributed by atoms with E-state index in [2.05, 4.69) is 5.32 Å². The van der Waals surface area contributed by atoms with Crippen molar-refractivity contribution in [1.29, 1.82) is 0 Å². The zero-order valence-electron chi connectivity index (χ0n) is 15.9. The predicted octanol–water partition coefficient (Wildman–Crippen LogP) is 4.12. The second kappa shape index (κ2) is 9.37. The molecule has 0 bridgehead atoms. The Morgan fingerprint density at radius 1 is 1.07 bits per heavy atom. The van der Waals surface area contributed by atoms with Gasteiger partial charge >= 0.3 is 11.9 Å². The van der Waals surface area contributed by atoms with Crippen LogP contribution < -0.4 is 10.1 Å². The molecule has 0 spiro atoms. The molecule has 0 aliphatic carbocycles. The second-order valence-corrected chi connectivity index (χ2v) is 6.01. The first-order valence-corrected chi connectivity index (χ1v) is 9.02. The fourth-order valence-electron chi connectivity index (χ4n) is 2.65. The molecule has 1 atom stereocenters. The molecule has 1 N–H and O–H groups in total. The van der Waals surface area contributed by atoms with Crippen molar-refractivity contribution in [3.05, 3.63) is 88.2 Å². The smallest absolute Gasteiger partial charge is 0.433 e. The van der Waals surface area contributed by atoms with Gasteiger partial charge in [0.1, 0.15) is 10.7 Å². The van der Waals surface area contributed by atoms with Crippen LogP contribution in [0.5, 0.6) is 5.75 Å². The number of hydrogen-bond donors (Lipinski definition) is 1. The Labute approximate surface area is 171 Å². The molecule has 30 heavy (non-hydrogen) atoms. The van der Waals surface area contributed by atoms with Crippen molar-refractivity contribution in [2.24, 2.45) is 0 Å². The Bertz CT molecular complexity index is 1050. The monoisotopic (exact) mass is 410 g/mol. The van der Waals surface area contributed by atoms with Gasteiger partial charge in [-0.3, -0.25) is 14.9 Å². The highest BCUT2D eigenvalue weighted by atomic mass is 16.7. The zero-order chi connectivity index (χ0) is 21.5. The van der Waals surface area contributed by atoms with Gasteiger partial charge in [0.25, 0.3) is 5.91 Å². The van der Waals surface area contributed by atoms with Gasteiger partial charge in [-0.1, -0.05) is 42.5 Å². The van der Waals surface area contributed by atoms with Crippen LogP contribution >= 0.6 is 0 Å². The lowest BCUT2D eigenvalue weighted by Gasteiger charge is -2.18. The van der Waals surface area contributed by atoms with Crippen molar-refractivity contribution in [3.8, 4) is 5.75 Å². The summed E-state index contributed by atoms with van der Waals surface area (Å²) in [4.78, 5) is 35.4. The fraction of sp³-hybridized carbons (Fsp3) is 0.143. The van der Waals surface area contributed by atoms with Gasteiger partial charge in [0.2, 0.25) is 11.9 Å². The number of esters is 1. The van der Waals surface area contributed by atoms with E-state index in [4.69, 9.17) is 13.9 Å². The molecule has 1 amide bonds. The molecule has 0 aliphatic rings. The average molecular weight is 410 g/mol.